The highest BCUT2D eigenvalue weighted by molar-refractivity contribution is 6.33. The van der Waals surface area contributed by atoms with Crippen LogP contribution in [0, 0.1) is 10.1 Å². The maximum absolute atomic E-state index is 10.6. The Morgan fingerprint density at radius 3 is 2.76 bits per heavy atom. The summed E-state index contributed by atoms with van der Waals surface area (Å²) in [5.74, 6) is 0. The first-order valence-electron chi connectivity index (χ1n) is 5.52. The van der Waals surface area contributed by atoms with E-state index in [0.717, 1.165) is 24.9 Å². The number of nitrogens with zero attached hydrogens (tertiary/aromatic N) is 1. The normalized spacial score (nSPS) is 23.6. The predicted molar refractivity (Wildman–Crippen MR) is 67.3 cm³/mol. The lowest BCUT2D eigenvalue weighted by Gasteiger charge is -2.14. The zero-order valence-corrected chi connectivity index (χ0v) is 9.98. The number of non-ortho nitro benzene ring substituents is 1. The molecule has 5 nitrogen and oxygen atoms in total. The van der Waals surface area contributed by atoms with Crippen molar-refractivity contribution in [2.45, 2.75) is 31.3 Å². The van der Waals surface area contributed by atoms with Crippen LogP contribution < -0.4 is 11.1 Å². The maximum atomic E-state index is 10.6. The molecule has 1 aliphatic rings. The Bertz CT molecular complexity index is 439. The minimum atomic E-state index is -0.457. The van der Waals surface area contributed by atoms with E-state index in [4.69, 9.17) is 17.3 Å². The molecule has 6 heteroatoms. The van der Waals surface area contributed by atoms with Gasteiger partial charge in [0, 0.05) is 24.2 Å². The van der Waals surface area contributed by atoms with Gasteiger partial charge in [0.15, 0.2) is 0 Å². The van der Waals surface area contributed by atoms with Crippen LogP contribution in [0.15, 0.2) is 18.2 Å². The molecule has 0 bridgehead atoms. The second kappa shape index (κ2) is 4.89. The van der Waals surface area contributed by atoms with Gasteiger partial charge in [-0.2, -0.15) is 0 Å². The fourth-order valence-electron chi connectivity index (χ4n) is 2.10. The Kier molecular flexibility index (Phi) is 3.49. The van der Waals surface area contributed by atoms with E-state index in [1.54, 1.807) is 6.07 Å². The lowest BCUT2D eigenvalue weighted by molar-refractivity contribution is -0.384. The zero-order valence-electron chi connectivity index (χ0n) is 9.23. The molecule has 1 aromatic carbocycles. The first-order chi connectivity index (χ1) is 8.06. The van der Waals surface area contributed by atoms with Gasteiger partial charge in [-0.15, -0.1) is 0 Å². The molecule has 1 fully saturated rings. The lowest BCUT2D eigenvalue weighted by atomic mass is 10.2. The molecule has 2 rings (SSSR count). The summed E-state index contributed by atoms with van der Waals surface area (Å²) < 4.78 is 0. The number of halogens is 1. The molecule has 0 radical (unpaired) electrons. The van der Waals surface area contributed by atoms with Gasteiger partial charge in [0.1, 0.15) is 0 Å². The Hall–Kier alpha value is -1.33. The Morgan fingerprint density at radius 2 is 2.24 bits per heavy atom. The van der Waals surface area contributed by atoms with Crippen LogP contribution in [0.5, 0.6) is 0 Å². The van der Waals surface area contributed by atoms with E-state index in [1.165, 1.54) is 12.1 Å². The number of rotatable bonds is 3. The number of nitrogens with one attached hydrogen (secondary N) is 1. The molecule has 3 N–H and O–H groups in total. The molecule has 2 atom stereocenters. The van der Waals surface area contributed by atoms with Crippen molar-refractivity contribution in [1.29, 1.82) is 0 Å². The highest BCUT2D eigenvalue weighted by Gasteiger charge is 2.22. The number of benzene rings is 1. The molecule has 0 spiro atoms. The molecule has 1 aromatic rings. The Labute approximate surface area is 104 Å². The third kappa shape index (κ3) is 2.87. The molecular weight excluding hydrogens is 242 g/mol. The monoisotopic (exact) mass is 255 g/mol. The van der Waals surface area contributed by atoms with Crippen molar-refractivity contribution < 1.29 is 4.92 Å². The summed E-state index contributed by atoms with van der Waals surface area (Å²) in [5, 5.41) is 14.2. The summed E-state index contributed by atoms with van der Waals surface area (Å²) in [6, 6.07) is 5.00. The summed E-state index contributed by atoms with van der Waals surface area (Å²) in [6.45, 7) is 0. The number of hydrogen-bond donors (Lipinski definition) is 2. The van der Waals surface area contributed by atoms with Crippen LogP contribution in [0.25, 0.3) is 0 Å². The Morgan fingerprint density at radius 1 is 1.47 bits per heavy atom. The van der Waals surface area contributed by atoms with E-state index >= 15 is 0 Å². The van der Waals surface area contributed by atoms with Crippen LogP contribution in [0.3, 0.4) is 0 Å². The van der Waals surface area contributed by atoms with Crippen LogP contribution in [-0.4, -0.2) is 17.0 Å². The van der Waals surface area contributed by atoms with Crippen molar-refractivity contribution in [2.75, 3.05) is 5.32 Å². The zero-order chi connectivity index (χ0) is 12.4. The van der Waals surface area contributed by atoms with Gasteiger partial charge in [0.2, 0.25) is 0 Å². The molecule has 1 aliphatic carbocycles. The molecule has 0 saturated heterocycles. The number of hydrogen-bond acceptors (Lipinski definition) is 4. The number of anilines is 1. The van der Waals surface area contributed by atoms with E-state index < -0.39 is 4.92 Å². The van der Waals surface area contributed by atoms with Gasteiger partial charge < -0.3 is 11.1 Å². The summed E-state index contributed by atoms with van der Waals surface area (Å²) in [7, 11) is 0. The standard InChI is InChI=1S/C11H14ClN3O2/c12-10-6-9(15(16)17)3-4-11(10)14-8-2-1-7(13)5-8/h3-4,6-8,14H,1-2,5,13H2. The van der Waals surface area contributed by atoms with Crippen LogP contribution in [0.2, 0.25) is 5.02 Å². The van der Waals surface area contributed by atoms with E-state index in [0.29, 0.717) is 11.1 Å². The Balaban J connectivity index is 2.09. The number of nitro benzene ring substituents is 1. The fraction of sp³-hybridized carbons (Fsp3) is 0.455. The van der Waals surface area contributed by atoms with E-state index in [1.807, 2.05) is 0 Å². The van der Waals surface area contributed by atoms with Gasteiger partial charge in [-0.1, -0.05) is 11.6 Å². The fourth-order valence-corrected chi connectivity index (χ4v) is 2.33. The molecule has 0 aliphatic heterocycles. The van der Waals surface area contributed by atoms with Gasteiger partial charge in [0.05, 0.1) is 15.6 Å². The minimum absolute atomic E-state index is 0.00340. The molecule has 2 unspecified atom stereocenters. The molecule has 92 valence electrons. The molecular formula is C11H14ClN3O2. The van der Waals surface area contributed by atoms with E-state index in [9.17, 15) is 10.1 Å². The topological polar surface area (TPSA) is 81.2 Å². The van der Waals surface area contributed by atoms with Crippen molar-refractivity contribution in [2.24, 2.45) is 5.73 Å². The summed E-state index contributed by atoms with van der Waals surface area (Å²) >= 11 is 5.99. The molecule has 0 aromatic heterocycles. The average Bonchev–Trinajstić information content (AvgIpc) is 2.67. The van der Waals surface area contributed by atoms with Gasteiger partial charge in [0.25, 0.3) is 5.69 Å². The van der Waals surface area contributed by atoms with Gasteiger partial charge in [-0.3, -0.25) is 10.1 Å². The number of nitro groups is 1. The summed E-state index contributed by atoms with van der Waals surface area (Å²) in [6.07, 6.45) is 2.92. The number of nitrogens with two attached hydrogens (primary N) is 1. The van der Waals surface area contributed by atoms with Gasteiger partial charge in [-0.25, -0.2) is 0 Å². The minimum Gasteiger partial charge on any atom is -0.381 e. The second-order valence-corrected chi connectivity index (χ2v) is 4.74. The van der Waals surface area contributed by atoms with Crippen LogP contribution in [0.4, 0.5) is 11.4 Å². The maximum Gasteiger partial charge on any atom is 0.271 e. The molecule has 17 heavy (non-hydrogen) atoms. The SMILES string of the molecule is NC1CCC(Nc2ccc([N+](=O)[O-])cc2Cl)C1. The first kappa shape index (κ1) is 12.1. The quantitative estimate of drug-likeness (QED) is 0.642. The van der Waals surface area contributed by atoms with Crippen molar-refractivity contribution >= 4 is 23.0 Å². The first-order valence-corrected chi connectivity index (χ1v) is 5.90. The summed E-state index contributed by atoms with van der Waals surface area (Å²) in [4.78, 5) is 10.1. The average molecular weight is 256 g/mol. The lowest BCUT2D eigenvalue weighted by Crippen LogP contribution is -2.20. The molecule has 0 heterocycles. The predicted octanol–water partition coefficient (Wildman–Crippen LogP) is 2.54. The van der Waals surface area contributed by atoms with Crippen LogP contribution >= 0.6 is 11.6 Å². The van der Waals surface area contributed by atoms with Crippen molar-refractivity contribution in [3.63, 3.8) is 0 Å². The van der Waals surface area contributed by atoms with E-state index in [-0.39, 0.29) is 11.7 Å². The third-order valence-corrected chi connectivity index (χ3v) is 3.31. The highest BCUT2D eigenvalue weighted by atomic mass is 35.5. The van der Waals surface area contributed by atoms with Gasteiger partial charge in [-0.05, 0) is 25.3 Å². The summed E-state index contributed by atoms with van der Waals surface area (Å²) in [5.41, 5.74) is 6.55. The van der Waals surface area contributed by atoms with Crippen molar-refractivity contribution in [3.8, 4) is 0 Å². The molecule has 1 saturated carbocycles. The van der Waals surface area contributed by atoms with Gasteiger partial charge >= 0.3 is 0 Å². The second-order valence-electron chi connectivity index (χ2n) is 4.34. The van der Waals surface area contributed by atoms with E-state index in [2.05, 4.69) is 5.32 Å². The smallest absolute Gasteiger partial charge is 0.271 e. The van der Waals surface area contributed by atoms with Crippen LogP contribution in [-0.2, 0) is 0 Å². The van der Waals surface area contributed by atoms with Crippen LogP contribution in [0.1, 0.15) is 19.3 Å². The van der Waals surface area contributed by atoms with Crippen molar-refractivity contribution in [3.05, 3.63) is 33.3 Å². The molecule has 0 amide bonds. The largest absolute Gasteiger partial charge is 0.381 e. The highest BCUT2D eigenvalue weighted by Crippen LogP contribution is 2.29. The third-order valence-electron chi connectivity index (χ3n) is 3.00. The van der Waals surface area contributed by atoms with Crippen molar-refractivity contribution in [1.82, 2.24) is 0 Å².